The van der Waals surface area contributed by atoms with Crippen molar-refractivity contribution in [1.29, 1.82) is 5.26 Å². The fourth-order valence-corrected chi connectivity index (χ4v) is 5.05. The molecule has 1 amide bonds. The van der Waals surface area contributed by atoms with Crippen molar-refractivity contribution in [3.05, 3.63) is 80.4 Å². The second-order valence-electron chi connectivity index (χ2n) is 7.20. The van der Waals surface area contributed by atoms with Crippen molar-refractivity contribution in [1.82, 2.24) is 4.90 Å². The van der Waals surface area contributed by atoms with E-state index in [-0.39, 0.29) is 18.0 Å². The molecule has 2 aliphatic rings. The first-order valence-corrected chi connectivity index (χ1v) is 10.7. The highest BCUT2D eigenvalue weighted by Gasteiger charge is 2.40. The zero-order chi connectivity index (χ0) is 21.3. The molecule has 0 spiro atoms. The monoisotopic (exact) mass is 420 g/mol. The van der Waals surface area contributed by atoms with Crippen molar-refractivity contribution in [3.63, 3.8) is 0 Å². The van der Waals surface area contributed by atoms with Crippen LogP contribution in [0.25, 0.3) is 0 Å². The van der Waals surface area contributed by atoms with E-state index in [9.17, 15) is 20.2 Å². The summed E-state index contributed by atoms with van der Waals surface area (Å²) in [4.78, 5) is 27.7. The molecular formula is C22H20N4O3S. The Morgan fingerprint density at radius 3 is 2.63 bits per heavy atom. The Labute approximate surface area is 178 Å². The first-order chi connectivity index (χ1) is 14.5. The van der Waals surface area contributed by atoms with Crippen LogP contribution in [0.15, 0.2) is 59.1 Å². The third-order valence-corrected chi connectivity index (χ3v) is 6.67. The van der Waals surface area contributed by atoms with E-state index in [4.69, 9.17) is 0 Å². The van der Waals surface area contributed by atoms with E-state index < -0.39 is 10.8 Å². The van der Waals surface area contributed by atoms with Crippen LogP contribution in [0, 0.1) is 21.4 Å². The molecule has 30 heavy (non-hydrogen) atoms. The molecule has 0 unspecified atom stereocenters. The van der Waals surface area contributed by atoms with Gasteiger partial charge in [0.05, 0.1) is 34.1 Å². The molecule has 0 saturated carbocycles. The number of anilines is 1. The van der Waals surface area contributed by atoms with Gasteiger partial charge in [0.1, 0.15) is 0 Å². The molecule has 0 N–H and O–H groups in total. The van der Waals surface area contributed by atoms with Gasteiger partial charge in [-0.25, -0.2) is 0 Å². The van der Waals surface area contributed by atoms with Gasteiger partial charge in [0.25, 0.3) is 5.69 Å². The van der Waals surface area contributed by atoms with Crippen LogP contribution in [0.1, 0.15) is 30.4 Å². The van der Waals surface area contributed by atoms with Gasteiger partial charge in [0.2, 0.25) is 5.91 Å². The minimum absolute atomic E-state index is 0.0421. The largest absolute Gasteiger partial charge is 0.344 e. The number of hydrogen-bond donors (Lipinski definition) is 0. The normalized spacial score (nSPS) is 18.8. The van der Waals surface area contributed by atoms with E-state index in [1.807, 2.05) is 12.1 Å². The van der Waals surface area contributed by atoms with Crippen molar-refractivity contribution in [3.8, 4) is 6.07 Å². The maximum Gasteiger partial charge on any atom is 0.273 e. The topological polar surface area (TPSA) is 90.5 Å². The lowest BCUT2D eigenvalue weighted by molar-refractivity contribution is -0.385. The SMILES string of the molecule is CCc1ccc(N2CSC3=C(C#N)[C@@H](c4ccccc4[N+](=O)[O-])CC(=O)N3C2)cc1. The number of thioether (sulfide) groups is 1. The first-order valence-electron chi connectivity index (χ1n) is 9.68. The molecule has 7 nitrogen and oxygen atoms in total. The molecule has 0 radical (unpaired) electrons. The second-order valence-corrected chi connectivity index (χ2v) is 8.13. The highest BCUT2D eigenvalue weighted by molar-refractivity contribution is 8.03. The molecule has 1 fully saturated rings. The Morgan fingerprint density at radius 2 is 1.97 bits per heavy atom. The number of nitro benzene ring substituents is 1. The van der Waals surface area contributed by atoms with Gasteiger partial charge in [-0.05, 0) is 24.1 Å². The van der Waals surface area contributed by atoms with Crippen molar-refractivity contribution in [2.24, 2.45) is 0 Å². The smallest absolute Gasteiger partial charge is 0.273 e. The van der Waals surface area contributed by atoms with Crippen molar-refractivity contribution < 1.29 is 9.72 Å². The summed E-state index contributed by atoms with van der Waals surface area (Å²) < 4.78 is 0. The average molecular weight is 420 g/mol. The zero-order valence-electron chi connectivity index (χ0n) is 16.4. The highest BCUT2D eigenvalue weighted by Crippen LogP contribution is 2.45. The summed E-state index contributed by atoms with van der Waals surface area (Å²) in [5.41, 5.74) is 3.05. The van der Waals surface area contributed by atoms with Crippen LogP contribution in [0.4, 0.5) is 11.4 Å². The van der Waals surface area contributed by atoms with Gasteiger partial charge < -0.3 is 4.90 Å². The van der Waals surface area contributed by atoms with Crippen LogP contribution in [-0.4, -0.2) is 28.3 Å². The molecular weight excluding hydrogens is 400 g/mol. The molecule has 8 heteroatoms. The Bertz CT molecular complexity index is 1070. The Balaban J connectivity index is 1.67. The van der Waals surface area contributed by atoms with Gasteiger partial charge in [0.15, 0.2) is 0 Å². The van der Waals surface area contributed by atoms with Gasteiger partial charge in [-0.15, -0.1) is 0 Å². The zero-order valence-corrected chi connectivity index (χ0v) is 17.3. The average Bonchev–Trinajstić information content (AvgIpc) is 2.79. The summed E-state index contributed by atoms with van der Waals surface area (Å²) in [6, 6.07) is 16.8. The van der Waals surface area contributed by atoms with E-state index in [2.05, 4.69) is 30.0 Å². The number of carbonyl (C=O) groups is 1. The molecule has 2 heterocycles. The quantitative estimate of drug-likeness (QED) is 0.539. The number of carbonyl (C=O) groups excluding carboxylic acids is 1. The lowest BCUT2D eigenvalue weighted by Gasteiger charge is -2.42. The number of nitriles is 1. The number of nitrogens with zero attached hydrogens (tertiary/aromatic N) is 4. The molecule has 0 aromatic heterocycles. The van der Waals surface area contributed by atoms with Crippen molar-refractivity contribution in [2.75, 3.05) is 17.4 Å². The van der Waals surface area contributed by atoms with Crippen LogP contribution in [0.5, 0.6) is 0 Å². The van der Waals surface area contributed by atoms with E-state index in [0.717, 1.165) is 12.1 Å². The standard InChI is InChI=1S/C22H20N4O3S/c1-2-15-7-9-16(10-8-15)24-13-25-21(27)11-18(19(12-23)22(25)30-14-24)17-5-3-4-6-20(17)26(28)29/h3-10,18H,2,11,13-14H2,1H3/t18-/m1/s1. The van der Waals surface area contributed by atoms with Crippen LogP contribution >= 0.6 is 11.8 Å². The van der Waals surface area contributed by atoms with Crippen LogP contribution in [-0.2, 0) is 11.2 Å². The second kappa shape index (κ2) is 8.20. The number of hydrogen-bond acceptors (Lipinski definition) is 6. The number of fused-ring (bicyclic) bond motifs is 1. The van der Waals surface area contributed by atoms with Gasteiger partial charge in [-0.1, -0.05) is 49.0 Å². The third-order valence-electron chi connectivity index (χ3n) is 5.51. The minimum Gasteiger partial charge on any atom is -0.344 e. The molecule has 2 aliphatic heterocycles. The number of nitro groups is 1. The lowest BCUT2D eigenvalue weighted by Crippen LogP contribution is -2.47. The summed E-state index contributed by atoms with van der Waals surface area (Å²) >= 11 is 1.43. The molecule has 152 valence electrons. The van der Waals surface area contributed by atoms with E-state index in [0.29, 0.717) is 28.7 Å². The highest BCUT2D eigenvalue weighted by atomic mass is 32.2. The van der Waals surface area contributed by atoms with Crippen molar-refractivity contribution in [2.45, 2.75) is 25.7 Å². The molecule has 2 aromatic carbocycles. The molecule has 4 rings (SSSR count). The Hall–Kier alpha value is -3.31. The number of rotatable bonds is 4. The molecule has 2 aromatic rings. The minimum atomic E-state index is -0.599. The summed E-state index contributed by atoms with van der Waals surface area (Å²) in [6.45, 7) is 2.47. The number of benzene rings is 2. The van der Waals surface area contributed by atoms with Crippen LogP contribution in [0.3, 0.4) is 0 Å². The van der Waals surface area contributed by atoms with E-state index in [1.165, 1.54) is 23.4 Å². The first kappa shape index (κ1) is 20.0. The van der Waals surface area contributed by atoms with Gasteiger partial charge >= 0.3 is 0 Å². The summed E-state index contributed by atoms with van der Waals surface area (Å²) in [5, 5.41) is 22.0. The molecule has 0 aliphatic carbocycles. The molecule has 1 saturated heterocycles. The Kier molecular flexibility index (Phi) is 5.46. The van der Waals surface area contributed by atoms with Gasteiger partial charge in [-0.2, -0.15) is 5.26 Å². The van der Waals surface area contributed by atoms with E-state index >= 15 is 0 Å². The lowest BCUT2D eigenvalue weighted by atomic mass is 9.85. The summed E-state index contributed by atoms with van der Waals surface area (Å²) in [7, 11) is 0. The maximum atomic E-state index is 13.0. The fourth-order valence-electron chi connectivity index (χ4n) is 3.88. The predicted octanol–water partition coefficient (Wildman–Crippen LogP) is 4.38. The fraction of sp³-hybridized carbons (Fsp3) is 0.273. The van der Waals surface area contributed by atoms with Crippen molar-refractivity contribution >= 4 is 29.0 Å². The van der Waals surface area contributed by atoms with Gasteiger partial charge in [-0.3, -0.25) is 19.8 Å². The maximum absolute atomic E-state index is 13.0. The summed E-state index contributed by atoms with van der Waals surface area (Å²) in [5.74, 6) is -0.132. The van der Waals surface area contributed by atoms with E-state index in [1.54, 1.807) is 23.1 Å². The third kappa shape index (κ3) is 3.53. The van der Waals surface area contributed by atoms with Gasteiger partial charge in [0, 0.05) is 29.7 Å². The number of allylic oxidation sites excluding steroid dienone is 1. The Morgan fingerprint density at radius 1 is 1.23 bits per heavy atom. The molecule has 0 bridgehead atoms. The predicted molar refractivity (Wildman–Crippen MR) is 116 cm³/mol. The molecule has 1 atom stereocenters. The number of para-hydroxylation sites is 1. The number of aryl methyl sites for hydroxylation is 1. The van der Waals surface area contributed by atoms with Crippen LogP contribution < -0.4 is 4.90 Å². The van der Waals surface area contributed by atoms with Crippen LogP contribution in [0.2, 0.25) is 0 Å². The number of amides is 1. The summed E-state index contributed by atoms with van der Waals surface area (Å²) in [6.07, 6.45) is 1.01.